The van der Waals surface area contributed by atoms with Crippen molar-refractivity contribution in [3.05, 3.63) is 81.8 Å². The highest BCUT2D eigenvalue weighted by Crippen LogP contribution is 2.23. The molecule has 7 heteroatoms. The summed E-state index contributed by atoms with van der Waals surface area (Å²) in [5, 5.41) is 5.62. The largest absolute Gasteiger partial charge is 0.350 e. The lowest BCUT2D eigenvalue weighted by molar-refractivity contribution is 0.0927. The van der Waals surface area contributed by atoms with Crippen molar-refractivity contribution in [2.24, 2.45) is 0 Å². The molecular formula is C21H21BrN4O2. The summed E-state index contributed by atoms with van der Waals surface area (Å²) in [6.45, 7) is 4.57. The molecular weight excluding hydrogens is 420 g/mol. The van der Waals surface area contributed by atoms with E-state index in [9.17, 15) is 9.59 Å². The molecule has 0 bridgehead atoms. The Morgan fingerprint density at radius 2 is 1.79 bits per heavy atom. The molecule has 0 saturated heterocycles. The first kappa shape index (κ1) is 19.8. The second-order valence-electron chi connectivity index (χ2n) is 6.35. The molecule has 1 aromatic carbocycles. The van der Waals surface area contributed by atoms with Crippen LogP contribution in [0.1, 0.15) is 32.1 Å². The molecule has 3 rings (SSSR count). The molecule has 2 aromatic heterocycles. The number of carbonyl (C=O) groups is 2. The van der Waals surface area contributed by atoms with Crippen LogP contribution in [-0.2, 0) is 0 Å². The van der Waals surface area contributed by atoms with E-state index in [4.69, 9.17) is 0 Å². The van der Waals surface area contributed by atoms with Crippen molar-refractivity contribution in [3.63, 3.8) is 0 Å². The fraction of sp³-hybridized carbons (Fsp3) is 0.190. The lowest BCUT2D eigenvalue weighted by Gasteiger charge is -2.11. The zero-order valence-corrected chi connectivity index (χ0v) is 17.3. The third kappa shape index (κ3) is 4.48. The van der Waals surface area contributed by atoms with E-state index in [1.54, 1.807) is 18.3 Å². The highest BCUT2D eigenvalue weighted by Gasteiger charge is 2.16. The Bertz CT molecular complexity index is 999. The summed E-state index contributed by atoms with van der Waals surface area (Å²) in [4.78, 5) is 28.5. The van der Waals surface area contributed by atoms with E-state index in [2.05, 4.69) is 31.5 Å². The van der Waals surface area contributed by atoms with Crippen LogP contribution in [0.3, 0.4) is 0 Å². The Balaban J connectivity index is 1.61. The second-order valence-corrected chi connectivity index (χ2v) is 7.27. The molecule has 0 aliphatic carbocycles. The third-order valence-corrected chi connectivity index (χ3v) is 4.86. The van der Waals surface area contributed by atoms with E-state index < -0.39 is 0 Å². The van der Waals surface area contributed by atoms with Crippen LogP contribution in [0.4, 0.5) is 0 Å². The first-order valence-electron chi connectivity index (χ1n) is 8.88. The molecule has 28 heavy (non-hydrogen) atoms. The highest BCUT2D eigenvalue weighted by atomic mass is 79.9. The lowest BCUT2D eigenvalue weighted by Crippen LogP contribution is -2.34. The van der Waals surface area contributed by atoms with Crippen molar-refractivity contribution >= 4 is 27.7 Å². The molecule has 0 unspecified atom stereocenters. The molecule has 3 aromatic rings. The van der Waals surface area contributed by atoms with E-state index in [-0.39, 0.29) is 11.8 Å². The van der Waals surface area contributed by atoms with E-state index >= 15 is 0 Å². The van der Waals surface area contributed by atoms with Gasteiger partial charge in [0.05, 0.1) is 11.1 Å². The Hall–Kier alpha value is -2.93. The van der Waals surface area contributed by atoms with Gasteiger partial charge in [-0.15, -0.1) is 0 Å². The second kappa shape index (κ2) is 8.84. The normalized spacial score (nSPS) is 10.5. The number of halogens is 1. The van der Waals surface area contributed by atoms with E-state index in [0.29, 0.717) is 24.2 Å². The minimum atomic E-state index is -0.213. The van der Waals surface area contributed by atoms with Gasteiger partial charge in [-0.1, -0.05) is 22.0 Å². The minimum absolute atomic E-state index is 0.162. The van der Waals surface area contributed by atoms with Crippen molar-refractivity contribution in [1.29, 1.82) is 0 Å². The fourth-order valence-electron chi connectivity index (χ4n) is 3.05. The van der Waals surface area contributed by atoms with Crippen LogP contribution >= 0.6 is 15.9 Å². The molecule has 2 N–H and O–H groups in total. The van der Waals surface area contributed by atoms with Crippen molar-refractivity contribution in [2.45, 2.75) is 13.8 Å². The van der Waals surface area contributed by atoms with Crippen molar-refractivity contribution in [3.8, 4) is 5.69 Å². The minimum Gasteiger partial charge on any atom is -0.350 e. The number of benzene rings is 1. The van der Waals surface area contributed by atoms with Crippen LogP contribution in [0.15, 0.2) is 59.3 Å². The monoisotopic (exact) mass is 440 g/mol. The number of rotatable bonds is 6. The first-order valence-corrected chi connectivity index (χ1v) is 9.68. The SMILES string of the molecule is Cc1cc(C(=O)NCCNC(=O)c2cccnc2)c(C)n1-c1cccc(Br)c1. The van der Waals surface area contributed by atoms with Gasteiger partial charge in [-0.25, -0.2) is 0 Å². The summed E-state index contributed by atoms with van der Waals surface area (Å²) >= 11 is 3.48. The van der Waals surface area contributed by atoms with Gasteiger partial charge in [0, 0.05) is 47.0 Å². The number of nitrogens with one attached hydrogen (secondary N) is 2. The average Bonchev–Trinajstić information content (AvgIpc) is 2.99. The zero-order chi connectivity index (χ0) is 20.1. The zero-order valence-electron chi connectivity index (χ0n) is 15.7. The number of pyridine rings is 1. The van der Waals surface area contributed by atoms with Gasteiger partial charge in [0.1, 0.15) is 0 Å². The topological polar surface area (TPSA) is 76.0 Å². The van der Waals surface area contributed by atoms with Crippen LogP contribution in [0, 0.1) is 13.8 Å². The summed E-state index contributed by atoms with van der Waals surface area (Å²) in [5.41, 5.74) is 3.95. The number of nitrogens with zero attached hydrogens (tertiary/aromatic N) is 2. The number of hydrogen-bond acceptors (Lipinski definition) is 3. The smallest absolute Gasteiger partial charge is 0.253 e. The van der Waals surface area contributed by atoms with E-state index in [1.807, 2.05) is 48.7 Å². The maximum Gasteiger partial charge on any atom is 0.253 e. The standard InChI is InChI=1S/C21H21BrN4O2/c1-14-11-19(15(2)26(14)18-7-3-6-17(22)12-18)21(28)25-10-9-24-20(27)16-5-4-8-23-13-16/h3-8,11-13H,9-10H2,1-2H3,(H,24,27)(H,25,28). The third-order valence-electron chi connectivity index (χ3n) is 4.36. The Labute approximate surface area is 172 Å². The van der Waals surface area contributed by atoms with Gasteiger partial charge in [-0.05, 0) is 50.2 Å². The summed E-state index contributed by atoms with van der Waals surface area (Å²) in [6.07, 6.45) is 3.12. The number of carbonyl (C=O) groups excluding carboxylic acids is 2. The molecule has 6 nitrogen and oxygen atoms in total. The maximum atomic E-state index is 12.6. The van der Waals surface area contributed by atoms with Crippen molar-refractivity contribution < 1.29 is 9.59 Å². The quantitative estimate of drug-likeness (QED) is 0.576. The lowest BCUT2D eigenvalue weighted by atomic mass is 10.2. The van der Waals surface area contributed by atoms with E-state index in [1.165, 1.54) is 6.20 Å². The maximum absolute atomic E-state index is 12.6. The van der Waals surface area contributed by atoms with Crippen molar-refractivity contribution in [1.82, 2.24) is 20.2 Å². The predicted molar refractivity (Wildman–Crippen MR) is 112 cm³/mol. The van der Waals surface area contributed by atoms with Gasteiger partial charge in [0.2, 0.25) is 0 Å². The van der Waals surface area contributed by atoms with E-state index in [0.717, 1.165) is 21.5 Å². The molecule has 2 amide bonds. The molecule has 0 spiro atoms. The summed E-state index contributed by atoms with van der Waals surface area (Å²) in [7, 11) is 0. The Morgan fingerprint density at radius 3 is 2.46 bits per heavy atom. The predicted octanol–water partition coefficient (Wildman–Crippen LogP) is 3.41. The van der Waals surface area contributed by atoms with Gasteiger partial charge in [0.15, 0.2) is 0 Å². The molecule has 0 aliphatic rings. The van der Waals surface area contributed by atoms with Crippen LogP contribution in [0.2, 0.25) is 0 Å². The molecule has 0 radical (unpaired) electrons. The summed E-state index contributed by atoms with van der Waals surface area (Å²) < 4.78 is 3.02. The molecule has 0 atom stereocenters. The van der Waals surface area contributed by atoms with Gasteiger partial charge in [-0.2, -0.15) is 0 Å². The fourth-order valence-corrected chi connectivity index (χ4v) is 3.44. The molecule has 144 valence electrons. The number of hydrogen-bond donors (Lipinski definition) is 2. The molecule has 0 fully saturated rings. The number of amides is 2. The Kier molecular flexibility index (Phi) is 6.26. The highest BCUT2D eigenvalue weighted by molar-refractivity contribution is 9.10. The van der Waals surface area contributed by atoms with Gasteiger partial charge >= 0.3 is 0 Å². The summed E-state index contributed by atoms with van der Waals surface area (Å²) in [6, 6.07) is 13.2. The van der Waals surface area contributed by atoms with Crippen LogP contribution in [0.25, 0.3) is 5.69 Å². The van der Waals surface area contributed by atoms with Crippen molar-refractivity contribution in [2.75, 3.05) is 13.1 Å². The van der Waals surface area contributed by atoms with Gasteiger partial charge < -0.3 is 15.2 Å². The molecule has 0 aliphatic heterocycles. The number of aromatic nitrogens is 2. The molecule has 2 heterocycles. The van der Waals surface area contributed by atoms with Gasteiger partial charge in [0.25, 0.3) is 11.8 Å². The number of aryl methyl sites for hydroxylation is 1. The molecule has 0 saturated carbocycles. The first-order chi connectivity index (χ1) is 13.5. The van der Waals surface area contributed by atoms with Crippen LogP contribution in [0.5, 0.6) is 0 Å². The van der Waals surface area contributed by atoms with Gasteiger partial charge in [-0.3, -0.25) is 14.6 Å². The Morgan fingerprint density at radius 1 is 1.04 bits per heavy atom. The average molecular weight is 441 g/mol. The van der Waals surface area contributed by atoms with Crippen LogP contribution < -0.4 is 10.6 Å². The van der Waals surface area contributed by atoms with Crippen LogP contribution in [-0.4, -0.2) is 34.5 Å². The summed E-state index contributed by atoms with van der Waals surface area (Å²) in [5.74, 6) is -0.375.